The van der Waals surface area contributed by atoms with Gasteiger partial charge in [0.2, 0.25) is 0 Å². The second-order valence-corrected chi connectivity index (χ2v) is 5.40. The lowest BCUT2D eigenvalue weighted by Crippen LogP contribution is -2.26. The van der Waals surface area contributed by atoms with Crippen LogP contribution >= 0.6 is 23.2 Å². The number of anilines is 1. The number of nitrogens with one attached hydrogen (secondary N) is 2. The van der Waals surface area contributed by atoms with Crippen molar-refractivity contribution in [3.05, 3.63) is 63.6 Å². The van der Waals surface area contributed by atoms with E-state index in [4.69, 9.17) is 23.2 Å². The topological polar surface area (TPSA) is 53.5 Å². The van der Waals surface area contributed by atoms with Gasteiger partial charge in [-0.25, -0.2) is 5.43 Å². The highest BCUT2D eigenvalue weighted by Crippen LogP contribution is 2.22. The van der Waals surface area contributed by atoms with Crippen molar-refractivity contribution in [1.29, 1.82) is 0 Å². The minimum Gasteiger partial charge on any atom is -0.376 e. The highest BCUT2D eigenvalue weighted by molar-refractivity contribution is 6.33. The molecule has 4 nitrogen and oxygen atoms in total. The van der Waals surface area contributed by atoms with Crippen LogP contribution in [0.2, 0.25) is 10.0 Å². The van der Waals surface area contributed by atoms with Crippen LogP contribution in [0.3, 0.4) is 0 Å². The first-order chi connectivity index (χ1) is 10.6. The number of carbonyl (C=O) groups excluding carboxylic acids is 1. The average molecular weight is 336 g/mol. The number of benzene rings is 2. The molecule has 2 N–H and O–H groups in total. The predicted octanol–water partition coefficient (Wildman–Crippen LogP) is 3.86. The molecule has 0 radical (unpaired) electrons. The Hall–Kier alpha value is -2.04. The summed E-state index contributed by atoms with van der Waals surface area (Å²) in [6.45, 7) is 1.99. The maximum Gasteiger partial charge on any atom is 0.259 e. The number of hydrazone groups is 1. The van der Waals surface area contributed by atoms with E-state index in [0.717, 1.165) is 16.8 Å². The van der Waals surface area contributed by atoms with Crippen molar-refractivity contribution < 1.29 is 4.79 Å². The summed E-state index contributed by atoms with van der Waals surface area (Å²) >= 11 is 12.0. The Labute approximate surface area is 139 Å². The standard InChI is InChI=1S/C16H15Cl2N3O/c1-11-13(17)7-4-8-15(11)19-10-16(22)21-20-9-12-5-2-3-6-14(12)18/h2-9,19H,10H2,1H3,(H,21,22). The lowest BCUT2D eigenvalue weighted by molar-refractivity contribution is -0.119. The van der Waals surface area contributed by atoms with Crippen LogP contribution in [-0.4, -0.2) is 18.7 Å². The molecule has 6 heteroatoms. The van der Waals surface area contributed by atoms with Gasteiger partial charge < -0.3 is 5.32 Å². The van der Waals surface area contributed by atoms with E-state index in [1.165, 1.54) is 6.21 Å². The summed E-state index contributed by atoms with van der Waals surface area (Å²) in [5, 5.41) is 8.13. The molecule has 0 aliphatic carbocycles. The van der Waals surface area contributed by atoms with Gasteiger partial charge in [0.25, 0.3) is 5.91 Å². The van der Waals surface area contributed by atoms with Gasteiger partial charge in [-0.2, -0.15) is 5.10 Å². The summed E-state index contributed by atoms with van der Waals surface area (Å²) in [6.07, 6.45) is 1.50. The van der Waals surface area contributed by atoms with Gasteiger partial charge in [-0.3, -0.25) is 4.79 Å². The van der Waals surface area contributed by atoms with Crippen LogP contribution in [0.25, 0.3) is 0 Å². The zero-order valence-electron chi connectivity index (χ0n) is 11.9. The Kier molecular flexibility index (Phi) is 5.81. The molecule has 0 bridgehead atoms. The summed E-state index contributed by atoms with van der Waals surface area (Å²) in [6, 6.07) is 12.7. The highest BCUT2D eigenvalue weighted by Gasteiger charge is 2.04. The minimum absolute atomic E-state index is 0.0983. The van der Waals surface area contributed by atoms with E-state index in [-0.39, 0.29) is 12.5 Å². The predicted molar refractivity (Wildman–Crippen MR) is 91.9 cm³/mol. The third kappa shape index (κ3) is 4.48. The maximum absolute atomic E-state index is 11.7. The van der Waals surface area contributed by atoms with Crippen molar-refractivity contribution in [2.45, 2.75) is 6.92 Å². The average Bonchev–Trinajstić information content (AvgIpc) is 2.51. The number of halogens is 2. The van der Waals surface area contributed by atoms with E-state index in [0.29, 0.717) is 10.0 Å². The summed E-state index contributed by atoms with van der Waals surface area (Å²) < 4.78 is 0. The third-order valence-electron chi connectivity index (χ3n) is 3.01. The molecule has 0 saturated heterocycles. The van der Waals surface area contributed by atoms with Crippen LogP contribution < -0.4 is 10.7 Å². The summed E-state index contributed by atoms with van der Waals surface area (Å²) in [5.74, 6) is -0.261. The molecule has 22 heavy (non-hydrogen) atoms. The molecule has 0 aromatic heterocycles. The SMILES string of the molecule is Cc1c(Cl)cccc1NCC(=O)NN=Cc1ccccc1Cl. The fourth-order valence-electron chi connectivity index (χ4n) is 1.77. The van der Waals surface area contributed by atoms with Gasteiger partial charge in [-0.15, -0.1) is 0 Å². The first kappa shape index (κ1) is 16.3. The number of amides is 1. The molecule has 2 rings (SSSR count). The van der Waals surface area contributed by atoms with Gasteiger partial charge in [-0.05, 0) is 30.7 Å². The smallest absolute Gasteiger partial charge is 0.259 e. The van der Waals surface area contributed by atoms with E-state index in [9.17, 15) is 4.79 Å². The normalized spacial score (nSPS) is 10.7. The van der Waals surface area contributed by atoms with Crippen LogP contribution in [0, 0.1) is 6.92 Å². The monoisotopic (exact) mass is 335 g/mol. The second kappa shape index (κ2) is 7.82. The molecule has 0 aliphatic heterocycles. The Morgan fingerprint density at radius 2 is 1.86 bits per heavy atom. The van der Waals surface area contributed by atoms with Crippen molar-refractivity contribution in [3.63, 3.8) is 0 Å². The first-order valence-electron chi connectivity index (χ1n) is 6.63. The van der Waals surface area contributed by atoms with Gasteiger partial charge in [0.1, 0.15) is 0 Å². The molecule has 1 amide bonds. The number of carbonyl (C=O) groups is 1. The van der Waals surface area contributed by atoms with Crippen molar-refractivity contribution >= 4 is 41.0 Å². The molecule has 2 aromatic rings. The fourth-order valence-corrected chi connectivity index (χ4v) is 2.13. The van der Waals surface area contributed by atoms with E-state index < -0.39 is 0 Å². The maximum atomic E-state index is 11.7. The molecule has 0 saturated carbocycles. The summed E-state index contributed by atoms with van der Waals surface area (Å²) in [7, 11) is 0. The Morgan fingerprint density at radius 3 is 2.64 bits per heavy atom. The third-order valence-corrected chi connectivity index (χ3v) is 3.76. The highest BCUT2D eigenvalue weighted by atomic mass is 35.5. The number of rotatable bonds is 5. The van der Waals surface area contributed by atoms with Gasteiger partial charge in [-0.1, -0.05) is 47.5 Å². The number of hydrogen-bond donors (Lipinski definition) is 2. The van der Waals surface area contributed by atoms with Gasteiger partial charge in [0, 0.05) is 21.3 Å². The largest absolute Gasteiger partial charge is 0.376 e. The van der Waals surface area contributed by atoms with Crippen LogP contribution in [-0.2, 0) is 4.79 Å². The minimum atomic E-state index is -0.261. The van der Waals surface area contributed by atoms with Crippen molar-refractivity contribution in [2.75, 3.05) is 11.9 Å². The van der Waals surface area contributed by atoms with Gasteiger partial charge in [0.15, 0.2) is 0 Å². The molecule has 0 unspecified atom stereocenters. The molecule has 0 atom stereocenters. The second-order valence-electron chi connectivity index (χ2n) is 4.58. The zero-order valence-corrected chi connectivity index (χ0v) is 13.4. The summed E-state index contributed by atoms with van der Waals surface area (Å²) in [5.41, 5.74) is 4.89. The lowest BCUT2D eigenvalue weighted by Gasteiger charge is -2.09. The van der Waals surface area contributed by atoms with E-state index in [1.807, 2.05) is 37.3 Å². The van der Waals surface area contributed by atoms with Gasteiger partial charge in [0.05, 0.1) is 12.8 Å². The molecular weight excluding hydrogens is 321 g/mol. The van der Waals surface area contributed by atoms with Crippen molar-refractivity contribution in [3.8, 4) is 0 Å². The molecule has 0 aliphatic rings. The van der Waals surface area contributed by atoms with E-state index in [2.05, 4.69) is 15.8 Å². The Morgan fingerprint density at radius 1 is 1.14 bits per heavy atom. The van der Waals surface area contributed by atoms with Crippen LogP contribution in [0.5, 0.6) is 0 Å². The zero-order chi connectivity index (χ0) is 15.9. The van der Waals surface area contributed by atoms with E-state index in [1.54, 1.807) is 12.1 Å². The lowest BCUT2D eigenvalue weighted by atomic mass is 10.2. The molecule has 0 heterocycles. The van der Waals surface area contributed by atoms with Crippen LogP contribution in [0.1, 0.15) is 11.1 Å². The van der Waals surface area contributed by atoms with Gasteiger partial charge >= 0.3 is 0 Å². The van der Waals surface area contributed by atoms with Crippen LogP contribution in [0.15, 0.2) is 47.6 Å². The molecular formula is C16H15Cl2N3O. The number of hydrogen-bond acceptors (Lipinski definition) is 3. The van der Waals surface area contributed by atoms with Crippen molar-refractivity contribution in [1.82, 2.24) is 5.43 Å². The van der Waals surface area contributed by atoms with E-state index >= 15 is 0 Å². The Balaban J connectivity index is 1.86. The molecule has 0 fully saturated rings. The number of nitrogens with zero attached hydrogens (tertiary/aromatic N) is 1. The van der Waals surface area contributed by atoms with Crippen molar-refractivity contribution in [2.24, 2.45) is 5.10 Å². The molecule has 0 spiro atoms. The fraction of sp³-hybridized carbons (Fsp3) is 0.125. The molecule has 2 aromatic carbocycles. The molecule has 114 valence electrons. The summed E-state index contributed by atoms with van der Waals surface area (Å²) in [4.78, 5) is 11.7. The first-order valence-corrected chi connectivity index (χ1v) is 7.39. The quantitative estimate of drug-likeness (QED) is 0.643. The van der Waals surface area contributed by atoms with Crippen LogP contribution in [0.4, 0.5) is 5.69 Å². The Bertz CT molecular complexity index is 702.